The molecule has 0 saturated heterocycles. The summed E-state index contributed by atoms with van der Waals surface area (Å²) in [6, 6.07) is 3.89. The van der Waals surface area contributed by atoms with Crippen molar-refractivity contribution in [1.82, 2.24) is 15.6 Å². The highest BCUT2D eigenvalue weighted by Gasteiger charge is 2.27. The summed E-state index contributed by atoms with van der Waals surface area (Å²) in [6.45, 7) is 3.19. The van der Waals surface area contributed by atoms with E-state index in [0.29, 0.717) is 11.6 Å². The summed E-state index contributed by atoms with van der Waals surface area (Å²) in [4.78, 5) is 40.7. The Morgan fingerprint density at radius 2 is 1.83 bits per heavy atom. The summed E-state index contributed by atoms with van der Waals surface area (Å²) in [6.07, 6.45) is 2.63. The molecule has 0 radical (unpaired) electrons. The fraction of sp³-hybridized carbons (Fsp3) is 0.300. The fourth-order valence-corrected chi connectivity index (χ4v) is 2.57. The Kier molecular flexibility index (Phi) is 7.76. The van der Waals surface area contributed by atoms with Crippen LogP contribution in [0.5, 0.6) is 0 Å². The van der Waals surface area contributed by atoms with Crippen molar-refractivity contribution in [3.8, 4) is 0 Å². The van der Waals surface area contributed by atoms with Gasteiger partial charge in [0.05, 0.1) is 13.0 Å². The summed E-state index contributed by atoms with van der Waals surface area (Å²) in [5.41, 5.74) is 0.556. The predicted molar refractivity (Wildman–Crippen MR) is 99.4 cm³/mol. The number of esters is 1. The lowest BCUT2D eigenvalue weighted by Gasteiger charge is -2.20. The van der Waals surface area contributed by atoms with Crippen molar-refractivity contribution in [1.29, 1.82) is 0 Å². The summed E-state index contributed by atoms with van der Waals surface area (Å²) in [5.74, 6) is -3.50. The normalized spacial score (nSPS) is 12.6. The Bertz CT molecular complexity index is 857. The van der Waals surface area contributed by atoms with E-state index >= 15 is 0 Å². The number of rotatable bonds is 8. The molecule has 7 nitrogen and oxygen atoms in total. The molecule has 29 heavy (non-hydrogen) atoms. The molecular weight excluding hydrogens is 384 g/mol. The SMILES string of the molecule is CCOC(=O)C(NC(=O)[C@H](C)NC(=O)Cc1cc(F)cc(F)c1)c1cccnc1. The van der Waals surface area contributed by atoms with Gasteiger partial charge in [0.1, 0.15) is 17.7 Å². The Morgan fingerprint density at radius 3 is 2.41 bits per heavy atom. The quantitative estimate of drug-likeness (QED) is 0.653. The second-order valence-corrected chi connectivity index (χ2v) is 6.22. The van der Waals surface area contributed by atoms with Gasteiger partial charge in [-0.3, -0.25) is 14.6 Å². The number of pyridine rings is 1. The second-order valence-electron chi connectivity index (χ2n) is 6.22. The molecule has 2 amide bonds. The minimum atomic E-state index is -1.09. The van der Waals surface area contributed by atoms with Gasteiger partial charge in [-0.25, -0.2) is 13.6 Å². The van der Waals surface area contributed by atoms with Crippen molar-refractivity contribution in [3.05, 3.63) is 65.5 Å². The van der Waals surface area contributed by atoms with Gasteiger partial charge in [-0.2, -0.15) is 0 Å². The molecule has 0 saturated carbocycles. The van der Waals surface area contributed by atoms with Gasteiger partial charge in [0, 0.05) is 24.0 Å². The van der Waals surface area contributed by atoms with Crippen molar-refractivity contribution in [2.75, 3.05) is 6.61 Å². The maximum Gasteiger partial charge on any atom is 0.333 e. The van der Waals surface area contributed by atoms with E-state index in [9.17, 15) is 23.2 Å². The van der Waals surface area contributed by atoms with Crippen LogP contribution in [-0.4, -0.2) is 35.4 Å². The maximum atomic E-state index is 13.2. The zero-order valence-electron chi connectivity index (χ0n) is 15.9. The van der Waals surface area contributed by atoms with Crippen LogP contribution in [-0.2, 0) is 25.5 Å². The van der Waals surface area contributed by atoms with Crippen LogP contribution in [0.1, 0.15) is 31.0 Å². The van der Waals surface area contributed by atoms with Crippen molar-refractivity contribution in [3.63, 3.8) is 0 Å². The molecular formula is C20H21F2N3O4. The van der Waals surface area contributed by atoms with E-state index in [1.54, 1.807) is 19.1 Å². The smallest absolute Gasteiger partial charge is 0.333 e. The van der Waals surface area contributed by atoms with Gasteiger partial charge in [-0.15, -0.1) is 0 Å². The fourth-order valence-electron chi connectivity index (χ4n) is 2.57. The number of carbonyl (C=O) groups is 3. The van der Waals surface area contributed by atoms with Crippen molar-refractivity contribution >= 4 is 17.8 Å². The van der Waals surface area contributed by atoms with Gasteiger partial charge < -0.3 is 15.4 Å². The minimum Gasteiger partial charge on any atom is -0.464 e. The molecule has 1 unspecified atom stereocenters. The van der Waals surface area contributed by atoms with Crippen LogP contribution in [0.4, 0.5) is 8.78 Å². The van der Waals surface area contributed by atoms with Gasteiger partial charge in [0.25, 0.3) is 0 Å². The zero-order valence-corrected chi connectivity index (χ0v) is 15.9. The minimum absolute atomic E-state index is 0.127. The first-order valence-electron chi connectivity index (χ1n) is 8.91. The second kappa shape index (κ2) is 10.3. The standard InChI is InChI=1S/C20H21F2N3O4/c1-3-29-20(28)18(14-5-4-6-23-11-14)25-19(27)12(2)24-17(26)9-13-7-15(21)10-16(22)8-13/h4-8,10-12,18H,3,9H2,1-2H3,(H,24,26)(H,25,27)/t12-,18?/m0/s1. The van der Waals surface area contributed by atoms with Crippen LogP contribution in [0.15, 0.2) is 42.7 Å². The Labute approximate surface area is 166 Å². The Morgan fingerprint density at radius 1 is 1.14 bits per heavy atom. The van der Waals surface area contributed by atoms with Crippen LogP contribution in [0, 0.1) is 11.6 Å². The van der Waals surface area contributed by atoms with Crippen molar-refractivity contribution < 1.29 is 27.9 Å². The average molecular weight is 405 g/mol. The van der Waals surface area contributed by atoms with E-state index in [0.717, 1.165) is 12.1 Å². The molecule has 0 fully saturated rings. The molecule has 2 aromatic rings. The summed E-state index contributed by atoms with van der Waals surface area (Å²) < 4.78 is 31.4. The van der Waals surface area contributed by atoms with Crippen LogP contribution in [0.2, 0.25) is 0 Å². The zero-order chi connectivity index (χ0) is 21.4. The number of aromatic nitrogens is 1. The Balaban J connectivity index is 2.01. The van der Waals surface area contributed by atoms with E-state index in [1.165, 1.54) is 19.3 Å². The van der Waals surface area contributed by atoms with E-state index < -0.39 is 41.5 Å². The van der Waals surface area contributed by atoms with E-state index in [4.69, 9.17) is 4.74 Å². The molecule has 1 heterocycles. The predicted octanol–water partition coefficient (Wildman–Crippen LogP) is 1.83. The lowest BCUT2D eigenvalue weighted by atomic mass is 10.1. The number of halogens is 2. The van der Waals surface area contributed by atoms with E-state index in [1.807, 2.05) is 0 Å². The molecule has 2 N–H and O–H groups in total. The van der Waals surface area contributed by atoms with Crippen LogP contribution < -0.4 is 10.6 Å². The van der Waals surface area contributed by atoms with Crippen LogP contribution >= 0.6 is 0 Å². The molecule has 0 aliphatic carbocycles. The van der Waals surface area contributed by atoms with E-state index in [-0.39, 0.29) is 18.6 Å². The topological polar surface area (TPSA) is 97.4 Å². The summed E-state index contributed by atoms with van der Waals surface area (Å²) >= 11 is 0. The van der Waals surface area contributed by atoms with Gasteiger partial charge in [0.15, 0.2) is 6.04 Å². The number of nitrogens with zero attached hydrogens (tertiary/aromatic N) is 1. The lowest BCUT2D eigenvalue weighted by Crippen LogP contribution is -2.47. The summed E-state index contributed by atoms with van der Waals surface area (Å²) in [7, 11) is 0. The maximum absolute atomic E-state index is 13.2. The third-order valence-corrected chi connectivity index (χ3v) is 3.88. The molecule has 0 aliphatic heterocycles. The molecule has 9 heteroatoms. The van der Waals surface area contributed by atoms with Crippen LogP contribution in [0.3, 0.4) is 0 Å². The van der Waals surface area contributed by atoms with Gasteiger partial charge in [0.2, 0.25) is 11.8 Å². The molecule has 1 aromatic heterocycles. The molecule has 0 spiro atoms. The van der Waals surface area contributed by atoms with Crippen LogP contribution in [0.25, 0.3) is 0 Å². The molecule has 0 bridgehead atoms. The molecule has 2 rings (SSSR count). The Hall–Kier alpha value is -3.36. The highest BCUT2D eigenvalue weighted by atomic mass is 19.1. The number of hydrogen-bond acceptors (Lipinski definition) is 5. The van der Waals surface area contributed by atoms with Gasteiger partial charge >= 0.3 is 5.97 Å². The number of hydrogen-bond donors (Lipinski definition) is 2. The van der Waals surface area contributed by atoms with Gasteiger partial charge in [-0.05, 0) is 37.6 Å². The first kappa shape index (κ1) is 21.9. The third-order valence-electron chi connectivity index (χ3n) is 3.88. The molecule has 154 valence electrons. The average Bonchev–Trinajstić information content (AvgIpc) is 2.65. The first-order valence-corrected chi connectivity index (χ1v) is 8.91. The number of nitrogens with one attached hydrogen (secondary N) is 2. The summed E-state index contributed by atoms with van der Waals surface area (Å²) in [5, 5.41) is 4.95. The van der Waals surface area contributed by atoms with E-state index in [2.05, 4.69) is 15.6 Å². The molecule has 1 aromatic carbocycles. The first-order chi connectivity index (χ1) is 13.8. The van der Waals surface area contributed by atoms with Crippen molar-refractivity contribution in [2.24, 2.45) is 0 Å². The molecule has 2 atom stereocenters. The number of ether oxygens (including phenoxy) is 1. The largest absolute Gasteiger partial charge is 0.464 e. The number of amides is 2. The molecule has 0 aliphatic rings. The number of benzene rings is 1. The number of carbonyl (C=O) groups excluding carboxylic acids is 3. The highest BCUT2D eigenvalue weighted by Crippen LogP contribution is 2.14. The highest BCUT2D eigenvalue weighted by molar-refractivity contribution is 5.91. The monoisotopic (exact) mass is 405 g/mol. The van der Waals surface area contributed by atoms with Crippen molar-refractivity contribution in [2.45, 2.75) is 32.4 Å². The third kappa shape index (κ3) is 6.63. The van der Waals surface area contributed by atoms with Gasteiger partial charge in [-0.1, -0.05) is 6.07 Å². The lowest BCUT2D eigenvalue weighted by molar-refractivity contribution is -0.147.